The summed E-state index contributed by atoms with van der Waals surface area (Å²) >= 11 is 0. The summed E-state index contributed by atoms with van der Waals surface area (Å²) in [7, 11) is 0. The van der Waals surface area contributed by atoms with Crippen LogP contribution in [-0.2, 0) is 4.79 Å². The van der Waals surface area contributed by atoms with Crippen molar-refractivity contribution < 1.29 is 4.79 Å². The van der Waals surface area contributed by atoms with Gasteiger partial charge in [0.25, 0.3) is 0 Å². The summed E-state index contributed by atoms with van der Waals surface area (Å²) in [5.41, 5.74) is 0. The first-order valence-electron chi connectivity index (χ1n) is 5.35. The first kappa shape index (κ1) is 9.00. The molecule has 3 nitrogen and oxygen atoms in total. The zero-order valence-corrected chi connectivity index (χ0v) is 8.18. The fourth-order valence-electron chi connectivity index (χ4n) is 2.49. The zero-order valence-electron chi connectivity index (χ0n) is 8.18. The van der Waals surface area contributed by atoms with E-state index in [1.54, 1.807) is 0 Å². The second kappa shape index (κ2) is 3.66. The van der Waals surface area contributed by atoms with Crippen molar-refractivity contribution >= 4 is 5.91 Å². The van der Waals surface area contributed by atoms with Gasteiger partial charge in [-0.2, -0.15) is 0 Å². The lowest BCUT2D eigenvalue weighted by molar-refractivity contribution is -0.125. The summed E-state index contributed by atoms with van der Waals surface area (Å²) in [5.74, 6) is 0.520. The Morgan fingerprint density at radius 2 is 2.38 bits per heavy atom. The van der Waals surface area contributed by atoms with Gasteiger partial charge in [0.2, 0.25) is 5.91 Å². The number of hydrogen-bond acceptors (Lipinski definition) is 2. The smallest absolute Gasteiger partial charge is 0.224 e. The van der Waals surface area contributed by atoms with Gasteiger partial charge >= 0.3 is 0 Å². The zero-order chi connectivity index (χ0) is 9.26. The van der Waals surface area contributed by atoms with Crippen molar-refractivity contribution in [1.82, 2.24) is 10.6 Å². The Morgan fingerprint density at radius 3 is 2.92 bits per heavy atom. The van der Waals surface area contributed by atoms with Crippen LogP contribution in [0.4, 0.5) is 0 Å². The number of hydrogen-bond donors (Lipinski definition) is 2. The highest BCUT2D eigenvalue weighted by Crippen LogP contribution is 2.33. The molecule has 3 atom stereocenters. The molecule has 0 aliphatic carbocycles. The van der Waals surface area contributed by atoms with Gasteiger partial charge in [-0.1, -0.05) is 6.92 Å². The van der Waals surface area contributed by atoms with Crippen molar-refractivity contribution in [3.8, 4) is 0 Å². The number of amides is 1. The van der Waals surface area contributed by atoms with Crippen molar-refractivity contribution in [2.75, 3.05) is 6.54 Å². The van der Waals surface area contributed by atoms with E-state index in [4.69, 9.17) is 0 Å². The molecule has 3 heteroatoms. The van der Waals surface area contributed by atoms with Crippen LogP contribution < -0.4 is 10.6 Å². The standard InChI is InChI=1S/C10H18N2O/c1-2-5-11-10(13)8-6-7-3-4-9(8)12-7/h7-9,12H,2-6H2,1H3,(H,11,13). The summed E-state index contributed by atoms with van der Waals surface area (Å²) in [4.78, 5) is 11.6. The lowest BCUT2D eigenvalue weighted by Crippen LogP contribution is -2.37. The van der Waals surface area contributed by atoms with Gasteiger partial charge < -0.3 is 10.6 Å². The molecule has 2 aliphatic rings. The van der Waals surface area contributed by atoms with E-state index >= 15 is 0 Å². The Kier molecular flexibility index (Phi) is 2.54. The van der Waals surface area contributed by atoms with Gasteiger partial charge in [-0.25, -0.2) is 0 Å². The molecule has 0 aromatic heterocycles. The number of carbonyl (C=O) groups is 1. The molecule has 2 rings (SSSR count). The maximum Gasteiger partial charge on any atom is 0.224 e. The van der Waals surface area contributed by atoms with Gasteiger partial charge in [0.05, 0.1) is 5.92 Å². The normalized spacial score (nSPS) is 36.5. The van der Waals surface area contributed by atoms with E-state index in [1.165, 1.54) is 12.8 Å². The highest BCUT2D eigenvalue weighted by molar-refractivity contribution is 5.80. The molecule has 2 saturated heterocycles. The second-order valence-electron chi connectivity index (χ2n) is 4.18. The van der Waals surface area contributed by atoms with Crippen molar-refractivity contribution in [3.05, 3.63) is 0 Å². The molecular formula is C10H18N2O. The third-order valence-electron chi connectivity index (χ3n) is 3.19. The predicted molar refractivity (Wildman–Crippen MR) is 51.4 cm³/mol. The minimum Gasteiger partial charge on any atom is -0.356 e. The number of carbonyl (C=O) groups excluding carboxylic acids is 1. The molecule has 0 aromatic rings. The van der Waals surface area contributed by atoms with E-state index in [9.17, 15) is 4.79 Å². The third-order valence-corrected chi connectivity index (χ3v) is 3.19. The van der Waals surface area contributed by atoms with Crippen LogP contribution in [0.25, 0.3) is 0 Å². The molecule has 74 valence electrons. The highest BCUT2D eigenvalue weighted by Gasteiger charge is 2.42. The molecule has 3 unspecified atom stereocenters. The Labute approximate surface area is 79.3 Å². The molecule has 2 N–H and O–H groups in total. The van der Waals surface area contributed by atoms with E-state index in [-0.39, 0.29) is 11.8 Å². The van der Waals surface area contributed by atoms with Crippen LogP contribution in [0.1, 0.15) is 32.6 Å². The molecule has 2 heterocycles. The quantitative estimate of drug-likeness (QED) is 0.673. The molecule has 1 amide bonds. The first-order chi connectivity index (χ1) is 6.31. The minimum atomic E-state index is 0.255. The Morgan fingerprint density at radius 1 is 1.54 bits per heavy atom. The van der Waals surface area contributed by atoms with Crippen molar-refractivity contribution in [3.63, 3.8) is 0 Å². The third kappa shape index (κ3) is 1.70. The highest BCUT2D eigenvalue weighted by atomic mass is 16.1. The largest absolute Gasteiger partial charge is 0.356 e. The van der Waals surface area contributed by atoms with E-state index in [0.29, 0.717) is 12.1 Å². The van der Waals surface area contributed by atoms with Gasteiger partial charge in [0, 0.05) is 18.6 Å². The van der Waals surface area contributed by atoms with Gasteiger partial charge in [0.1, 0.15) is 0 Å². The van der Waals surface area contributed by atoms with Crippen LogP contribution in [0.2, 0.25) is 0 Å². The van der Waals surface area contributed by atoms with Crippen molar-refractivity contribution in [1.29, 1.82) is 0 Å². The maximum atomic E-state index is 11.6. The van der Waals surface area contributed by atoms with Gasteiger partial charge in [-0.15, -0.1) is 0 Å². The predicted octanol–water partition coefficient (Wildman–Crippen LogP) is 0.653. The second-order valence-corrected chi connectivity index (χ2v) is 4.18. The van der Waals surface area contributed by atoms with Gasteiger partial charge in [0.15, 0.2) is 0 Å². The molecule has 2 bridgehead atoms. The molecule has 0 aromatic carbocycles. The summed E-state index contributed by atoms with van der Waals surface area (Å²) in [5, 5.41) is 6.45. The first-order valence-corrected chi connectivity index (χ1v) is 5.35. The Hall–Kier alpha value is -0.570. The van der Waals surface area contributed by atoms with Crippen LogP contribution in [0.3, 0.4) is 0 Å². The minimum absolute atomic E-state index is 0.255. The van der Waals surface area contributed by atoms with E-state index in [2.05, 4.69) is 17.6 Å². The lowest BCUT2D eigenvalue weighted by Gasteiger charge is -2.18. The lowest BCUT2D eigenvalue weighted by atomic mass is 9.88. The number of fused-ring (bicyclic) bond motifs is 2. The summed E-state index contributed by atoms with van der Waals surface area (Å²) in [6.45, 7) is 2.91. The molecule has 2 fully saturated rings. The SMILES string of the molecule is CCCNC(=O)C1CC2CCC1N2. The summed E-state index contributed by atoms with van der Waals surface area (Å²) in [6, 6.07) is 1.10. The monoisotopic (exact) mass is 182 g/mol. The average Bonchev–Trinajstić information content (AvgIpc) is 2.74. The summed E-state index contributed by atoms with van der Waals surface area (Å²) in [6.07, 6.45) is 4.54. The van der Waals surface area contributed by atoms with E-state index in [1.807, 2.05) is 0 Å². The van der Waals surface area contributed by atoms with E-state index < -0.39 is 0 Å². The van der Waals surface area contributed by atoms with Crippen LogP contribution in [0.15, 0.2) is 0 Å². The van der Waals surface area contributed by atoms with Crippen LogP contribution in [0.5, 0.6) is 0 Å². The van der Waals surface area contributed by atoms with Crippen LogP contribution in [0, 0.1) is 5.92 Å². The Bertz CT molecular complexity index is 205. The van der Waals surface area contributed by atoms with Gasteiger partial charge in [-0.3, -0.25) is 4.79 Å². The molecule has 0 spiro atoms. The fourth-order valence-corrected chi connectivity index (χ4v) is 2.49. The molecule has 0 radical (unpaired) electrons. The van der Waals surface area contributed by atoms with Crippen molar-refractivity contribution in [2.45, 2.75) is 44.7 Å². The molecule has 2 aliphatic heterocycles. The topological polar surface area (TPSA) is 41.1 Å². The average molecular weight is 182 g/mol. The molecular weight excluding hydrogens is 164 g/mol. The maximum absolute atomic E-state index is 11.6. The number of nitrogens with one attached hydrogen (secondary N) is 2. The van der Waals surface area contributed by atoms with Crippen molar-refractivity contribution in [2.24, 2.45) is 5.92 Å². The Balaban J connectivity index is 1.84. The summed E-state index contributed by atoms with van der Waals surface area (Å²) < 4.78 is 0. The molecule has 13 heavy (non-hydrogen) atoms. The van der Waals surface area contributed by atoms with E-state index in [0.717, 1.165) is 19.4 Å². The fraction of sp³-hybridized carbons (Fsp3) is 0.900. The van der Waals surface area contributed by atoms with Gasteiger partial charge in [-0.05, 0) is 25.7 Å². The van der Waals surface area contributed by atoms with Crippen LogP contribution >= 0.6 is 0 Å². The number of rotatable bonds is 3. The van der Waals surface area contributed by atoms with Crippen LogP contribution in [-0.4, -0.2) is 24.5 Å². The molecule has 0 saturated carbocycles.